The van der Waals surface area contributed by atoms with E-state index in [9.17, 15) is 9.18 Å². The van der Waals surface area contributed by atoms with Gasteiger partial charge in [-0.3, -0.25) is 0 Å². The van der Waals surface area contributed by atoms with Crippen molar-refractivity contribution in [3.63, 3.8) is 0 Å². The predicted molar refractivity (Wildman–Crippen MR) is 120 cm³/mol. The summed E-state index contributed by atoms with van der Waals surface area (Å²) in [6.45, 7) is 6.08. The number of nitrogens with zero attached hydrogens (tertiary/aromatic N) is 2. The van der Waals surface area contributed by atoms with Crippen LogP contribution in [0, 0.1) is 12.7 Å². The first-order chi connectivity index (χ1) is 14.6. The summed E-state index contributed by atoms with van der Waals surface area (Å²) in [5, 5.41) is 2.73. The fourth-order valence-corrected chi connectivity index (χ4v) is 3.51. The van der Waals surface area contributed by atoms with Gasteiger partial charge in [-0.2, -0.15) is 0 Å². The zero-order valence-electron chi connectivity index (χ0n) is 17.8. The SMILES string of the molecule is CCCCCN(Cc1cccn1Cc1cccc(C)c1)C(=O)Nc1ccccc1F. The Bertz CT molecular complexity index is 966. The minimum absolute atomic E-state index is 0.207. The van der Waals surface area contributed by atoms with Crippen molar-refractivity contribution in [1.29, 1.82) is 0 Å². The van der Waals surface area contributed by atoms with Crippen molar-refractivity contribution in [2.75, 3.05) is 11.9 Å². The van der Waals surface area contributed by atoms with E-state index >= 15 is 0 Å². The van der Waals surface area contributed by atoms with Crippen LogP contribution < -0.4 is 5.32 Å². The second-order valence-corrected chi connectivity index (χ2v) is 7.66. The Kier molecular flexibility index (Phi) is 7.66. The molecule has 0 spiro atoms. The molecule has 0 aliphatic carbocycles. The summed E-state index contributed by atoms with van der Waals surface area (Å²) in [6.07, 6.45) is 5.08. The van der Waals surface area contributed by atoms with Crippen molar-refractivity contribution in [3.8, 4) is 0 Å². The number of halogens is 1. The molecular formula is C25H30FN3O. The Labute approximate surface area is 178 Å². The molecule has 2 amide bonds. The van der Waals surface area contributed by atoms with Gasteiger partial charge in [0.1, 0.15) is 5.82 Å². The van der Waals surface area contributed by atoms with Gasteiger partial charge in [0.25, 0.3) is 0 Å². The van der Waals surface area contributed by atoms with Crippen molar-refractivity contribution >= 4 is 11.7 Å². The Morgan fingerprint density at radius 2 is 1.90 bits per heavy atom. The second kappa shape index (κ2) is 10.6. The van der Waals surface area contributed by atoms with Gasteiger partial charge in [0.15, 0.2) is 0 Å². The van der Waals surface area contributed by atoms with Crippen LogP contribution in [0.5, 0.6) is 0 Å². The number of aryl methyl sites for hydroxylation is 1. The molecule has 0 saturated carbocycles. The van der Waals surface area contributed by atoms with Crippen molar-refractivity contribution in [3.05, 3.63) is 89.5 Å². The summed E-state index contributed by atoms with van der Waals surface area (Å²) >= 11 is 0. The quantitative estimate of drug-likeness (QED) is 0.421. The first-order valence-electron chi connectivity index (χ1n) is 10.6. The van der Waals surface area contributed by atoms with Crippen molar-refractivity contribution in [1.82, 2.24) is 9.47 Å². The van der Waals surface area contributed by atoms with E-state index in [1.807, 2.05) is 18.3 Å². The summed E-state index contributed by atoms with van der Waals surface area (Å²) in [4.78, 5) is 14.7. The number of urea groups is 1. The molecule has 0 radical (unpaired) electrons. The third-order valence-electron chi connectivity index (χ3n) is 5.15. The number of carbonyl (C=O) groups excluding carboxylic acids is 1. The molecule has 0 unspecified atom stereocenters. The number of nitrogens with one attached hydrogen (secondary N) is 1. The largest absolute Gasteiger partial charge is 0.345 e. The maximum atomic E-state index is 14.0. The summed E-state index contributed by atoms with van der Waals surface area (Å²) in [6, 6.07) is 18.5. The zero-order valence-corrected chi connectivity index (χ0v) is 17.8. The van der Waals surface area contributed by atoms with Crippen LogP contribution in [0.4, 0.5) is 14.9 Å². The van der Waals surface area contributed by atoms with E-state index < -0.39 is 5.82 Å². The van der Waals surface area contributed by atoms with Gasteiger partial charge < -0.3 is 14.8 Å². The first kappa shape index (κ1) is 21.6. The van der Waals surface area contributed by atoms with Crippen molar-refractivity contribution in [2.24, 2.45) is 0 Å². The molecule has 158 valence electrons. The highest BCUT2D eigenvalue weighted by Crippen LogP contribution is 2.16. The monoisotopic (exact) mass is 407 g/mol. The van der Waals surface area contributed by atoms with Gasteiger partial charge in [-0.05, 0) is 43.2 Å². The summed E-state index contributed by atoms with van der Waals surface area (Å²) < 4.78 is 16.2. The number of rotatable bonds is 9. The second-order valence-electron chi connectivity index (χ2n) is 7.66. The Morgan fingerprint density at radius 3 is 2.67 bits per heavy atom. The molecule has 3 aromatic rings. The van der Waals surface area contributed by atoms with Crippen LogP contribution in [0.25, 0.3) is 0 Å². The fraction of sp³-hybridized carbons (Fsp3) is 0.320. The molecule has 1 heterocycles. The molecule has 3 rings (SSSR count). The maximum Gasteiger partial charge on any atom is 0.322 e. The Hall–Kier alpha value is -3.08. The molecule has 0 aliphatic rings. The summed E-state index contributed by atoms with van der Waals surface area (Å²) in [7, 11) is 0. The standard InChI is InChI=1S/C25H30FN3O/c1-3-4-7-15-29(25(30)27-24-14-6-5-13-23(24)26)19-22-12-9-16-28(22)18-21-11-8-10-20(2)17-21/h5-6,8-14,16-17H,3-4,7,15,18-19H2,1-2H3,(H,27,30). The summed E-state index contributed by atoms with van der Waals surface area (Å²) in [5.74, 6) is -0.429. The molecule has 0 fully saturated rings. The van der Waals surface area contributed by atoms with E-state index in [2.05, 4.69) is 48.0 Å². The number of amides is 2. The third-order valence-corrected chi connectivity index (χ3v) is 5.15. The van der Waals surface area contributed by atoms with Crippen LogP contribution in [0.2, 0.25) is 0 Å². The number of hydrogen-bond donors (Lipinski definition) is 1. The van der Waals surface area contributed by atoms with Crippen LogP contribution >= 0.6 is 0 Å². The average Bonchev–Trinajstić information content (AvgIpc) is 3.15. The van der Waals surface area contributed by atoms with Gasteiger partial charge in [-0.25, -0.2) is 9.18 Å². The van der Waals surface area contributed by atoms with Crippen LogP contribution in [0.1, 0.15) is 43.0 Å². The highest BCUT2D eigenvalue weighted by atomic mass is 19.1. The van der Waals surface area contributed by atoms with E-state index in [0.29, 0.717) is 13.1 Å². The molecule has 1 N–H and O–H groups in total. The van der Waals surface area contributed by atoms with Crippen LogP contribution in [-0.2, 0) is 13.1 Å². The average molecular weight is 408 g/mol. The third kappa shape index (κ3) is 5.96. The predicted octanol–water partition coefficient (Wildman–Crippen LogP) is 6.21. The van der Waals surface area contributed by atoms with E-state index in [1.54, 1.807) is 23.1 Å². The van der Waals surface area contributed by atoms with E-state index in [0.717, 1.165) is 31.5 Å². The van der Waals surface area contributed by atoms with Crippen molar-refractivity contribution < 1.29 is 9.18 Å². The first-order valence-corrected chi connectivity index (χ1v) is 10.6. The van der Waals surface area contributed by atoms with E-state index in [1.165, 1.54) is 17.2 Å². The molecule has 30 heavy (non-hydrogen) atoms. The van der Waals surface area contributed by atoms with Gasteiger partial charge in [0.05, 0.1) is 12.2 Å². The number of unbranched alkanes of at least 4 members (excludes halogenated alkanes) is 2. The number of anilines is 1. The minimum Gasteiger partial charge on any atom is -0.345 e. The van der Waals surface area contributed by atoms with Gasteiger partial charge >= 0.3 is 6.03 Å². The normalized spacial score (nSPS) is 10.8. The number of aromatic nitrogens is 1. The molecule has 0 atom stereocenters. The molecule has 0 bridgehead atoms. The Balaban J connectivity index is 1.74. The molecule has 4 nitrogen and oxygen atoms in total. The number of hydrogen-bond acceptors (Lipinski definition) is 1. The molecule has 0 aliphatic heterocycles. The van der Waals surface area contributed by atoms with Gasteiger partial charge in [-0.1, -0.05) is 61.7 Å². The number of carbonyl (C=O) groups is 1. The molecule has 5 heteroatoms. The molecular weight excluding hydrogens is 377 g/mol. The fourth-order valence-electron chi connectivity index (χ4n) is 3.51. The Morgan fingerprint density at radius 1 is 1.07 bits per heavy atom. The maximum absolute atomic E-state index is 14.0. The van der Waals surface area contributed by atoms with E-state index in [4.69, 9.17) is 0 Å². The smallest absolute Gasteiger partial charge is 0.322 e. The molecule has 0 saturated heterocycles. The highest BCUT2D eigenvalue weighted by Gasteiger charge is 2.17. The number of para-hydroxylation sites is 1. The minimum atomic E-state index is -0.429. The van der Waals surface area contributed by atoms with Crippen molar-refractivity contribution in [2.45, 2.75) is 46.2 Å². The lowest BCUT2D eigenvalue weighted by atomic mass is 10.1. The summed E-state index contributed by atoms with van der Waals surface area (Å²) in [5.41, 5.74) is 3.71. The lowest BCUT2D eigenvalue weighted by Crippen LogP contribution is -2.36. The van der Waals surface area contributed by atoms with E-state index in [-0.39, 0.29) is 11.7 Å². The highest BCUT2D eigenvalue weighted by molar-refractivity contribution is 5.89. The van der Waals surface area contributed by atoms with Gasteiger partial charge in [0.2, 0.25) is 0 Å². The lowest BCUT2D eigenvalue weighted by molar-refractivity contribution is 0.206. The van der Waals surface area contributed by atoms with Crippen LogP contribution in [0.15, 0.2) is 66.9 Å². The lowest BCUT2D eigenvalue weighted by Gasteiger charge is -2.24. The van der Waals surface area contributed by atoms with Gasteiger partial charge in [-0.15, -0.1) is 0 Å². The van der Waals surface area contributed by atoms with Crippen LogP contribution in [0.3, 0.4) is 0 Å². The zero-order chi connectivity index (χ0) is 21.3. The topological polar surface area (TPSA) is 37.3 Å². The van der Waals surface area contributed by atoms with Crippen LogP contribution in [-0.4, -0.2) is 22.0 Å². The molecule has 1 aromatic heterocycles. The van der Waals surface area contributed by atoms with Gasteiger partial charge in [0, 0.05) is 25.0 Å². The molecule has 2 aromatic carbocycles. The number of benzene rings is 2.